The molecule has 0 atom stereocenters. The first-order valence-electron chi connectivity index (χ1n) is 7.66. The average Bonchev–Trinajstić information content (AvgIpc) is 3.03. The summed E-state index contributed by atoms with van der Waals surface area (Å²) >= 11 is 0. The number of anilines is 1. The molecule has 2 aliphatic heterocycles. The topological polar surface area (TPSA) is 56.8 Å². The fourth-order valence-corrected chi connectivity index (χ4v) is 2.83. The van der Waals surface area contributed by atoms with Gasteiger partial charge in [0.2, 0.25) is 0 Å². The third kappa shape index (κ3) is 2.67. The van der Waals surface area contributed by atoms with Gasteiger partial charge in [-0.15, -0.1) is 8.78 Å². The standard InChI is InChI=1S/C18H13F2NO4/c1-2-23-11-6-7-12-13(17(22)21-14(12)9-11)8-10-4-3-5-15-16(10)25-18(19,20)24-15/h3-9H,2H2,1H3,(H,21,22)/b13-8+. The molecule has 2 aromatic rings. The first-order chi connectivity index (χ1) is 12.0. The maximum Gasteiger partial charge on any atom is 0.586 e. The molecular weight excluding hydrogens is 332 g/mol. The van der Waals surface area contributed by atoms with Crippen molar-refractivity contribution in [2.24, 2.45) is 0 Å². The second-order valence-electron chi connectivity index (χ2n) is 5.49. The van der Waals surface area contributed by atoms with Gasteiger partial charge in [-0.05, 0) is 31.2 Å². The van der Waals surface area contributed by atoms with Gasteiger partial charge in [-0.3, -0.25) is 4.79 Å². The predicted molar refractivity (Wildman–Crippen MR) is 86.8 cm³/mol. The minimum absolute atomic E-state index is 0.0651. The van der Waals surface area contributed by atoms with Crippen molar-refractivity contribution in [3.63, 3.8) is 0 Å². The average molecular weight is 345 g/mol. The van der Waals surface area contributed by atoms with Crippen molar-refractivity contribution in [1.82, 2.24) is 0 Å². The van der Waals surface area contributed by atoms with Crippen molar-refractivity contribution in [3.8, 4) is 17.2 Å². The number of carbonyl (C=O) groups excluding carboxylic acids is 1. The Morgan fingerprint density at radius 2 is 2.08 bits per heavy atom. The molecule has 5 nitrogen and oxygen atoms in total. The van der Waals surface area contributed by atoms with Crippen LogP contribution >= 0.6 is 0 Å². The molecule has 0 unspecified atom stereocenters. The number of carbonyl (C=O) groups is 1. The van der Waals surface area contributed by atoms with Crippen LogP contribution in [0.25, 0.3) is 11.6 Å². The molecule has 0 radical (unpaired) electrons. The van der Waals surface area contributed by atoms with E-state index in [1.165, 1.54) is 12.1 Å². The molecule has 0 saturated heterocycles. The van der Waals surface area contributed by atoms with Crippen LogP contribution in [0, 0.1) is 0 Å². The third-order valence-corrected chi connectivity index (χ3v) is 3.84. The van der Waals surface area contributed by atoms with Gasteiger partial charge < -0.3 is 19.5 Å². The second-order valence-corrected chi connectivity index (χ2v) is 5.49. The van der Waals surface area contributed by atoms with Crippen molar-refractivity contribution in [2.45, 2.75) is 13.2 Å². The smallest absolute Gasteiger partial charge is 0.494 e. The van der Waals surface area contributed by atoms with Crippen LogP contribution in [0.5, 0.6) is 17.2 Å². The maximum atomic E-state index is 13.3. The Balaban J connectivity index is 1.76. The number of nitrogens with one attached hydrogen (secondary N) is 1. The van der Waals surface area contributed by atoms with E-state index >= 15 is 0 Å². The van der Waals surface area contributed by atoms with Crippen LogP contribution in [0.3, 0.4) is 0 Å². The molecule has 0 aliphatic carbocycles. The lowest BCUT2D eigenvalue weighted by Crippen LogP contribution is -2.26. The number of benzene rings is 2. The van der Waals surface area contributed by atoms with Crippen LogP contribution in [-0.2, 0) is 4.79 Å². The Morgan fingerprint density at radius 3 is 2.88 bits per heavy atom. The first kappa shape index (κ1) is 15.4. The van der Waals surface area contributed by atoms with Gasteiger partial charge in [-0.2, -0.15) is 0 Å². The summed E-state index contributed by atoms with van der Waals surface area (Å²) in [5.74, 6) is 0.156. The summed E-state index contributed by atoms with van der Waals surface area (Å²) in [5.41, 5.74) is 1.96. The predicted octanol–water partition coefficient (Wildman–Crippen LogP) is 3.90. The molecule has 0 aromatic heterocycles. The minimum atomic E-state index is -3.71. The van der Waals surface area contributed by atoms with Gasteiger partial charge in [0.1, 0.15) is 5.75 Å². The molecule has 0 fully saturated rings. The van der Waals surface area contributed by atoms with Crippen molar-refractivity contribution < 1.29 is 27.8 Å². The summed E-state index contributed by atoms with van der Waals surface area (Å²) in [7, 11) is 0. The van der Waals surface area contributed by atoms with Gasteiger partial charge in [-0.25, -0.2) is 0 Å². The molecule has 1 amide bonds. The lowest BCUT2D eigenvalue weighted by atomic mass is 10.0. The largest absolute Gasteiger partial charge is 0.586 e. The van der Waals surface area contributed by atoms with E-state index in [0.717, 1.165) is 0 Å². The van der Waals surface area contributed by atoms with Crippen LogP contribution < -0.4 is 19.5 Å². The van der Waals surface area contributed by atoms with E-state index in [4.69, 9.17) is 4.74 Å². The minimum Gasteiger partial charge on any atom is -0.494 e. The summed E-state index contributed by atoms with van der Waals surface area (Å²) in [5, 5.41) is 2.74. The maximum absolute atomic E-state index is 13.3. The molecule has 2 aromatic carbocycles. The number of hydrogen-bond acceptors (Lipinski definition) is 4. The lowest BCUT2D eigenvalue weighted by Gasteiger charge is -2.06. The molecule has 2 heterocycles. The fraction of sp³-hybridized carbons (Fsp3) is 0.167. The van der Waals surface area contributed by atoms with Gasteiger partial charge in [0, 0.05) is 22.8 Å². The molecule has 2 aliphatic rings. The van der Waals surface area contributed by atoms with Crippen LogP contribution in [0.15, 0.2) is 36.4 Å². The summed E-state index contributed by atoms with van der Waals surface area (Å²) in [6.07, 6.45) is -2.20. The highest BCUT2D eigenvalue weighted by atomic mass is 19.3. The van der Waals surface area contributed by atoms with Gasteiger partial charge >= 0.3 is 6.29 Å². The third-order valence-electron chi connectivity index (χ3n) is 3.84. The number of halogens is 2. The van der Waals surface area contributed by atoms with E-state index in [9.17, 15) is 13.6 Å². The lowest BCUT2D eigenvalue weighted by molar-refractivity contribution is -0.286. The second kappa shape index (κ2) is 5.47. The van der Waals surface area contributed by atoms with Crippen LogP contribution in [-0.4, -0.2) is 18.8 Å². The van der Waals surface area contributed by atoms with Crippen molar-refractivity contribution in [2.75, 3.05) is 11.9 Å². The summed E-state index contributed by atoms with van der Waals surface area (Å²) in [6, 6.07) is 9.74. The van der Waals surface area contributed by atoms with E-state index in [1.807, 2.05) is 6.92 Å². The highest BCUT2D eigenvalue weighted by molar-refractivity contribution is 6.35. The zero-order valence-electron chi connectivity index (χ0n) is 13.1. The quantitative estimate of drug-likeness (QED) is 0.857. The molecule has 7 heteroatoms. The Bertz CT molecular complexity index is 908. The van der Waals surface area contributed by atoms with Crippen LogP contribution in [0.2, 0.25) is 0 Å². The number of amides is 1. The van der Waals surface area contributed by atoms with Gasteiger partial charge in [-0.1, -0.05) is 12.1 Å². The Morgan fingerprint density at radius 1 is 1.24 bits per heavy atom. The highest BCUT2D eigenvalue weighted by Crippen LogP contribution is 2.45. The molecule has 4 rings (SSSR count). The number of ether oxygens (including phenoxy) is 3. The Kier molecular flexibility index (Phi) is 3.38. The highest BCUT2D eigenvalue weighted by Gasteiger charge is 2.44. The van der Waals surface area contributed by atoms with Crippen LogP contribution in [0.4, 0.5) is 14.5 Å². The number of fused-ring (bicyclic) bond motifs is 2. The van der Waals surface area contributed by atoms with E-state index < -0.39 is 6.29 Å². The molecule has 0 spiro atoms. The Labute approximate surface area is 141 Å². The molecule has 1 N–H and O–H groups in total. The van der Waals surface area contributed by atoms with Crippen molar-refractivity contribution in [1.29, 1.82) is 0 Å². The Hall–Kier alpha value is -3.09. The normalized spacial score (nSPS) is 18.2. The first-order valence-corrected chi connectivity index (χ1v) is 7.66. The monoisotopic (exact) mass is 345 g/mol. The molecule has 128 valence electrons. The SMILES string of the molecule is CCOc1ccc2c(c1)NC(=O)/C2=C/c1cccc2c1OC(F)(F)O2. The van der Waals surface area contributed by atoms with E-state index in [-0.39, 0.29) is 17.4 Å². The van der Waals surface area contributed by atoms with E-state index in [1.54, 1.807) is 30.3 Å². The molecular formula is C18H13F2NO4. The summed E-state index contributed by atoms with van der Waals surface area (Å²) < 4.78 is 41.0. The molecule has 0 saturated carbocycles. The molecule has 25 heavy (non-hydrogen) atoms. The van der Waals surface area contributed by atoms with Crippen LogP contribution in [0.1, 0.15) is 18.1 Å². The van der Waals surface area contributed by atoms with Gasteiger partial charge in [0.15, 0.2) is 11.5 Å². The number of para-hydroxylation sites is 1. The summed E-state index contributed by atoms with van der Waals surface area (Å²) in [4.78, 5) is 12.3. The summed E-state index contributed by atoms with van der Waals surface area (Å²) in [6.45, 7) is 2.38. The number of hydrogen-bond donors (Lipinski definition) is 1. The molecule has 0 bridgehead atoms. The van der Waals surface area contributed by atoms with Gasteiger partial charge in [0.05, 0.1) is 12.3 Å². The van der Waals surface area contributed by atoms with Crippen molar-refractivity contribution in [3.05, 3.63) is 47.5 Å². The number of rotatable bonds is 3. The van der Waals surface area contributed by atoms with Gasteiger partial charge in [0.25, 0.3) is 5.91 Å². The zero-order valence-corrected chi connectivity index (χ0v) is 13.1. The fourth-order valence-electron chi connectivity index (χ4n) is 2.83. The van der Waals surface area contributed by atoms with Crippen molar-refractivity contribution >= 4 is 23.2 Å². The number of alkyl halides is 2. The van der Waals surface area contributed by atoms with E-state index in [2.05, 4.69) is 14.8 Å². The van der Waals surface area contributed by atoms with E-state index in [0.29, 0.717) is 34.7 Å². The zero-order chi connectivity index (χ0) is 17.6.